The molecule has 2 aromatic carbocycles. The zero-order valence-electron chi connectivity index (χ0n) is 28.4. The van der Waals surface area contributed by atoms with Gasteiger partial charge >= 0.3 is 0 Å². The Hall–Kier alpha value is -5.50. The van der Waals surface area contributed by atoms with Crippen molar-refractivity contribution in [2.45, 2.75) is 77.8 Å². The van der Waals surface area contributed by atoms with Gasteiger partial charge in [-0.15, -0.1) is 10.2 Å². The summed E-state index contributed by atoms with van der Waals surface area (Å²) in [5, 5.41) is 28.0. The normalized spacial score (nSPS) is 22.8. The summed E-state index contributed by atoms with van der Waals surface area (Å²) in [7, 11) is 0. The maximum Gasteiger partial charge on any atom is 0.269 e. The highest BCUT2D eigenvalue weighted by atomic mass is 16.5. The molecule has 0 aliphatic carbocycles. The van der Waals surface area contributed by atoms with E-state index in [0.717, 1.165) is 22.4 Å². The van der Waals surface area contributed by atoms with Crippen molar-refractivity contribution in [3.63, 3.8) is 0 Å². The number of fused-ring (bicyclic) bond motifs is 4. The molecule has 6 heterocycles. The van der Waals surface area contributed by atoms with E-state index in [1.54, 1.807) is 20.8 Å². The lowest BCUT2D eigenvalue weighted by Gasteiger charge is -2.32. The number of hydrogen-bond donors (Lipinski definition) is 4. The van der Waals surface area contributed by atoms with Gasteiger partial charge in [-0.3, -0.25) is 9.59 Å². The van der Waals surface area contributed by atoms with Crippen LogP contribution in [0, 0.1) is 18.3 Å². The van der Waals surface area contributed by atoms with Crippen molar-refractivity contribution in [2.75, 3.05) is 5.32 Å². The lowest BCUT2D eigenvalue weighted by atomic mass is 9.72. The molecule has 14 nitrogen and oxygen atoms in total. The Morgan fingerprint density at radius 2 is 1.84 bits per heavy atom. The summed E-state index contributed by atoms with van der Waals surface area (Å²) in [6.07, 6.45) is -0.363. The molecule has 2 amide bonds. The molecule has 3 aliphatic rings. The largest absolute Gasteiger partial charge is 0.469 e. The minimum atomic E-state index is -1.29. The predicted molar refractivity (Wildman–Crippen MR) is 178 cm³/mol. The maximum atomic E-state index is 14.2. The number of aromatic nitrogens is 4. The van der Waals surface area contributed by atoms with Crippen LogP contribution < -0.4 is 20.7 Å². The number of amides is 2. The first-order valence-electron chi connectivity index (χ1n) is 16.6. The van der Waals surface area contributed by atoms with Gasteiger partial charge in [0.1, 0.15) is 35.6 Å². The van der Waals surface area contributed by atoms with E-state index in [0.29, 0.717) is 28.8 Å². The summed E-state index contributed by atoms with van der Waals surface area (Å²) < 4.78 is 25.2. The number of nitrogens with one attached hydrogen (secondary N) is 3. The van der Waals surface area contributed by atoms with E-state index in [1.165, 1.54) is 6.26 Å². The van der Waals surface area contributed by atoms with Gasteiger partial charge in [-0.05, 0) is 34.6 Å². The molecule has 1 spiro atoms. The van der Waals surface area contributed by atoms with E-state index in [2.05, 4.69) is 26.1 Å². The van der Waals surface area contributed by atoms with Gasteiger partial charge in [-0.25, -0.2) is 9.97 Å². The number of oxazole rings is 2. The van der Waals surface area contributed by atoms with Crippen LogP contribution in [0.2, 0.25) is 0 Å². The number of aliphatic hydroxyl groups excluding tert-OH is 1. The average Bonchev–Trinajstić information content (AvgIpc) is 3.89. The molecule has 14 heteroatoms. The standard InChI is InChI=1S/C36H37N7O7/c1-16(2)26(44)30(46)37-22-14-18-11-12-24-20(13-18)36(19-9-7-8-10-21(19)39-34(36)49-24)28-25(32-38-23(15-47-32)31-43-42-17(3)48-31)40-33(50-28)27(35(4,5)6)41-29(22)45/h7-13,15-16,22,26-27,34,39,44H,14H2,1-6H3,(H,37,46)(H,41,45). The van der Waals surface area contributed by atoms with Gasteiger partial charge in [0.15, 0.2) is 23.4 Å². The van der Waals surface area contributed by atoms with Crippen LogP contribution >= 0.6 is 0 Å². The second-order valence-corrected chi connectivity index (χ2v) is 14.5. The van der Waals surface area contributed by atoms with Crippen molar-refractivity contribution in [1.82, 2.24) is 30.8 Å². The Balaban J connectivity index is 1.37. The highest BCUT2D eigenvalue weighted by Gasteiger charge is 2.61. The molecule has 50 heavy (non-hydrogen) atoms. The number of anilines is 1. The molecular weight excluding hydrogens is 642 g/mol. The first-order valence-corrected chi connectivity index (χ1v) is 16.6. The van der Waals surface area contributed by atoms with E-state index in [9.17, 15) is 14.7 Å². The van der Waals surface area contributed by atoms with Gasteiger partial charge in [0.05, 0.1) is 0 Å². The number of carbonyl (C=O) groups excluding carboxylic acids is 2. The highest BCUT2D eigenvalue weighted by molar-refractivity contribution is 5.90. The van der Waals surface area contributed by atoms with Gasteiger partial charge < -0.3 is 39.0 Å². The molecule has 0 radical (unpaired) electrons. The quantitative estimate of drug-likeness (QED) is 0.205. The summed E-state index contributed by atoms with van der Waals surface area (Å²) in [5.41, 5.74) is 2.22. The van der Waals surface area contributed by atoms with Crippen LogP contribution in [-0.4, -0.2) is 55.5 Å². The summed E-state index contributed by atoms with van der Waals surface area (Å²) >= 11 is 0. The van der Waals surface area contributed by atoms with Crippen LogP contribution in [0.5, 0.6) is 5.75 Å². The number of benzene rings is 2. The van der Waals surface area contributed by atoms with Gasteiger partial charge in [0.2, 0.25) is 29.5 Å². The van der Waals surface area contributed by atoms with E-state index >= 15 is 0 Å². The molecule has 5 unspecified atom stereocenters. The van der Waals surface area contributed by atoms with Crippen LogP contribution in [0.15, 0.2) is 62.0 Å². The Labute approximate surface area is 287 Å². The zero-order chi connectivity index (χ0) is 35.1. The highest BCUT2D eigenvalue weighted by Crippen LogP contribution is 2.59. The van der Waals surface area contributed by atoms with Crippen molar-refractivity contribution in [1.29, 1.82) is 0 Å². The molecule has 5 aromatic rings. The number of nitrogens with zero attached hydrogens (tertiary/aromatic N) is 4. The number of para-hydroxylation sites is 1. The third-order valence-electron chi connectivity index (χ3n) is 9.57. The number of ether oxygens (including phenoxy) is 1. The smallest absolute Gasteiger partial charge is 0.269 e. The number of aliphatic hydroxyl groups is 1. The minimum Gasteiger partial charge on any atom is -0.469 e. The molecule has 5 atom stereocenters. The summed E-state index contributed by atoms with van der Waals surface area (Å²) in [4.78, 5) is 37.1. The maximum absolute atomic E-state index is 14.2. The lowest BCUT2D eigenvalue weighted by Crippen LogP contribution is -2.53. The van der Waals surface area contributed by atoms with Gasteiger partial charge in [0.25, 0.3) is 5.89 Å². The molecule has 0 saturated heterocycles. The van der Waals surface area contributed by atoms with Crippen molar-refractivity contribution in [2.24, 2.45) is 11.3 Å². The average molecular weight is 680 g/mol. The Bertz CT molecular complexity index is 2140. The zero-order valence-corrected chi connectivity index (χ0v) is 28.4. The van der Waals surface area contributed by atoms with Crippen LogP contribution in [0.3, 0.4) is 0 Å². The summed E-state index contributed by atoms with van der Waals surface area (Å²) in [5.74, 6) is 0.501. The fourth-order valence-electron chi connectivity index (χ4n) is 7.00. The van der Waals surface area contributed by atoms with Crippen LogP contribution in [-0.2, 0) is 21.4 Å². The lowest BCUT2D eigenvalue weighted by molar-refractivity contribution is -0.136. The van der Waals surface area contributed by atoms with Crippen LogP contribution in [0.1, 0.15) is 74.9 Å². The van der Waals surface area contributed by atoms with Crippen molar-refractivity contribution in [3.05, 3.63) is 83.0 Å². The van der Waals surface area contributed by atoms with Crippen LogP contribution in [0.25, 0.3) is 23.2 Å². The molecule has 0 saturated carbocycles. The molecule has 4 bridgehead atoms. The summed E-state index contributed by atoms with van der Waals surface area (Å²) in [6, 6.07) is 11.8. The van der Waals surface area contributed by atoms with Gasteiger partial charge in [0, 0.05) is 24.6 Å². The fourth-order valence-corrected chi connectivity index (χ4v) is 7.00. The number of aryl methyl sites for hydroxylation is 1. The SMILES string of the molecule is Cc1nnc(-c2coc(-c3nc4oc3C35c6ccccc6NC3Oc3ccc(cc35)CC(NC(=O)C(O)C(C)C)C(=O)NC4C(C)(C)C)n2)o1. The Morgan fingerprint density at radius 3 is 2.58 bits per heavy atom. The van der Waals surface area contributed by atoms with Gasteiger partial charge in [-0.2, -0.15) is 0 Å². The first kappa shape index (κ1) is 31.7. The molecule has 3 aliphatic heterocycles. The van der Waals surface area contributed by atoms with Gasteiger partial charge in [-0.1, -0.05) is 65.0 Å². The number of rotatable bonds is 5. The first-order chi connectivity index (χ1) is 23.8. The molecular formula is C36H37N7O7. The third kappa shape index (κ3) is 4.88. The molecule has 3 aromatic heterocycles. The predicted octanol–water partition coefficient (Wildman–Crippen LogP) is 4.43. The molecule has 4 N–H and O–H groups in total. The number of hydrogen-bond acceptors (Lipinski definition) is 12. The Kier molecular flexibility index (Phi) is 7.16. The molecule has 258 valence electrons. The topological polar surface area (TPSA) is 191 Å². The van der Waals surface area contributed by atoms with Crippen molar-refractivity contribution >= 4 is 17.5 Å². The van der Waals surface area contributed by atoms with Crippen LogP contribution in [0.4, 0.5) is 5.69 Å². The second kappa shape index (κ2) is 11.3. The fraction of sp³-hybridized carbons (Fsp3) is 0.389. The summed E-state index contributed by atoms with van der Waals surface area (Å²) in [6.45, 7) is 11.0. The minimum absolute atomic E-state index is 0.143. The second-order valence-electron chi connectivity index (χ2n) is 14.5. The van der Waals surface area contributed by atoms with Crippen molar-refractivity contribution in [3.8, 4) is 28.9 Å². The Morgan fingerprint density at radius 1 is 1.04 bits per heavy atom. The molecule has 0 fully saturated rings. The van der Waals surface area contributed by atoms with Crippen molar-refractivity contribution < 1.29 is 32.7 Å². The van der Waals surface area contributed by atoms with E-state index in [-0.39, 0.29) is 30.0 Å². The van der Waals surface area contributed by atoms with E-state index < -0.39 is 47.1 Å². The van der Waals surface area contributed by atoms with E-state index in [4.69, 9.17) is 28.0 Å². The number of carbonyl (C=O) groups is 2. The molecule has 8 rings (SSSR count). The third-order valence-corrected chi connectivity index (χ3v) is 9.57. The van der Waals surface area contributed by atoms with E-state index in [1.807, 2.05) is 63.2 Å². The monoisotopic (exact) mass is 679 g/mol.